The molecule has 1 unspecified atom stereocenters. The predicted molar refractivity (Wildman–Crippen MR) is 80.6 cm³/mol. The van der Waals surface area contributed by atoms with E-state index >= 15 is 0 Å². The summed E-state index contributed by atoms with van der Waals surface area (Å²) in [6.45, 7) is 1.24. The number of nitrogens with one attached hydrogen (secondary N) is 1. The van der Waals surface area contributed by atoms with Crippen molar-refractivity contribution >= 4 is 0 Å². The Balaban J connectivity index is 1.53. The standard InChI is InChI=1S/C16H23N3O2/c1-19-7-3-4-14(19)6-5-13-8-12(11-17-13)9-15-10-16(20-2)18-21-15/h8,10-11,14,17H,3-7,9H2,1-2H3. The molecule has 3 rings (SSSR count). The lowest BCUT2D eigenvalue weighted by Gasteiger charge is -2.18. The van der Waals surface area contributed by atoms with Crippen LogP contribution in [0.3, 0.4) is 0 Å². The van der Waals surface area contributed by atoms with Crippen molar-refractivity contribution in [1.82, 2.24) is 15.0 Å². The number of ether oxygens (including phenoxy) is 1. The Hall–Kier alpha value is -1.75. The third kappa shape index (κ3) is 3.47. The Morgan fingerprint density at radius 3 is 3.10 bits per heavy atom. The van der Waals surface area contributed by atoms with E-state index in [0.717, 1.165) is 24.6 Å². The van der Waals surface area contributed by atoms with Gasteiger partial charge in [0.1, 0.15) is 5.76 Å². The maximum Gasteiger partial charge on any atom is 0.254 e. The first-order valence-electron chi connectivity index (χ1n) is 7.60. The molecule has 0 aromatic carbocycles. The normalized spacial score (nSPS) is 19.2. The van der Waals surface area contributed by atoms with Crippen LogP contribution in [-0.2, 0) is 12.8 Å². The quantitative estimate of drug-likeness (QED) is 0.888. The first-order valence-corrected chi connectivity index (χ1v) is 7.60. The molecular weight excluding hydrogens is 266 g/mol. The Morgan fingerprint density at radius 2 is 2.38 bits per heavy atom. The van der Waals surface area contributed by atoms with Crippen molar-refractivity contribution in [2.45, 2.75) is 38.1 Å². The van der Waals surface area contributed by atoms with E-state index in [4.69, 9.17) is 9.26 Å². The zero-order chi connectivity index (χ0) is 14.7. The van der Waals surface area contributed by atoms with Gasteiger partial charge in [0.2, 0.25) is 0 Å². The second kappa shape index (κ2) is 6.35. The maximum absolute atomic E-state index is 5.23. The molecular formula is C16H23N3O2. The highest BCUT2D eigenvalue weighted by Crippen LogP contribution is 2.21. The van der Waals surface area contributed by atoms with Gasteiger partial charge in [0.15, 0.2) is 0 Å². The van der Waals surface area contributed by atoms with Crippen LogP contribution in [-0.4, -0.2) is 41.8 Å². The molecule has 1 aliphatic rings. The van der Waals surface area contributed by atoms with Crippen LogP contribution in [0.5, 0.6) is 5.88 Å². The minimum atomic E-state index is 0.532. The van der Waals surface area contributed by atoms with E-state index in [0.29, 0.717) is 5.88 Å². The fraction of sp³-hybridized carbons (Fsp3) is 0.562. The van der Waals surface area contributed by atoms with Gasteiger partial charge in [-0.15, -0.1) is 0 Å². The van der Waals surface area contributed by atoms with Crippen LogP contribution >= 0.6 is 0 Å². The molecule has 0 aliphatic carbocycles. The summed E-state index contributed by atoms with van der Waals surface area (Å²) in [5.41, 5.74) is 2.53. The zero-order valence-electron chi connectivity index (χ0n) is 12.8. The van der Waals surface area contributed by atoms with Gasteiger partial charge >= 0.3 is 0 Å². The number of aromatic amines is 1. The van der Waals surface area contributed by atoms with Crippen molar-refractivity contribution in [2.75, 3.05) is 20.7 Å². The van der Waals surface area contributed by atoms with Crippen molar-refractivity contribution in [2.24, 2.45) is 0 Å². The molecule has 21 heavy (non-hydrogen) atoms. The highest BCUT2D eigenvalue weighted by atomic mass is 16.5. The summed E-state index contributed by atoms with van der Waals surface area (Å²) in [6, 6.07) is 4.81. The first kappa shape index (κ1) is 14.2. The molecule has 0 amide bonds. The lowest BCUT2D eigenvalue weighted by atomic mass is 10.1. The van der Waals surface area contributed by atoms with Gasteiger partial charge in [-0.1, -0.05) is 0 Å². The second-order valence-corrected chi connectivity index (χ2v) is 5.86. The molecule has 1 saturated heterocycles. The number of methoxy groups -OCH3 is 1. The van der Waals surface area contributed by atoms with E-state index in [9.17, 15) is 0 Å². The number of aryl methyl sites for hydroxylation is 1. The predicted octanol–water partition coefficient (Wildman–Crippen LogP) is 2.63. The molecule has 5 nitrogen and oxygen atoms in total. The molecule has 0 radical (unpaired) electrons. The minimum Gasteiger partial charge on any atom is -0.479 e. The summed E-state index contributed by atoms with van der Waals surface area (Å²) < 4.78 is 10.3. The smallest absolute Gasteiger partial charge is 0.254 e. The number of nitrogens with zero attached hydrogens (tertiary/aromatic N) is 2. The highest BCUT2D eigenvalue weighted by molar-refractivity contribution is 5.23. The first-order chi connectivity index (χ1) is 10.2. The molecule has 114 valence electrons. The molecule has 0 spiro atoms. The van der Waals surface area contributed by atoms with E-state index in [1.54, 1.807) is 7.11 Å². The van der Waals surface area contributed by atoms with Gasteiger partial charge < -0.3 is 19.1 Å². The second-order valence-electron chi connectivity index (χ2n) is 5.86. The monoisotopic (exact) mass is 289 g/mol. The molecule has 1 atom stereocenters. The third-order valence-corrected chi connectivity index (χ3v) is 4.35. The van der Waals surface area contributed by atoms with Crippen LogP contribution in [0.1, 0.15) is 36.3 Å². The number of aromatic nitrogens is 2. The zero-order valence-corrected chi connectivity index (χ0v) is 12.8. The van der Waals surface area contributed by atoms with Gasteiger partial charge in [-0.25, -0.2) is 0 Å². The van der Waals surface area contributed by atoms with E-state index in [-0.39, 0.29) is 0 Å². The SMILES string of the molecule is COc1cc(Cc2c[nH]c(CCC3CCCN3C)c2)on1. The van der Waals surface area contributed by atoms with Crippen molar-refractivity contribution in [3.63, 3.8) is 0 Å². The lowest BCUT2D eigenvalue weighted by molar-refractivity contribution is 0.296. The van der Waals surface area contributed by atoms with Gasteiger partial charge in [0.25, 0.3) is 5.88 Å². The minimum absolute atomic E-state index is 0.532. The summed E-state index contributed by atoms with van der Waals surface area (Å²) in [6.07, 6.45) is 7.81. The number of hydrogen-bond donors (Lipinski definition) is 1. The fourth-order valence-corrected chi connectivity index (χ4v) is 3.08. The van der Waals surface area contributed by atoms with E-state index < -0.39 is 0 Å². The van der Waals surface area contributed by atoms with Gasteiger partial charge in [-0.05, 0) is 56.1 Å². The Morgan fingerprint density at radius 1 is 1.48 bits per heavy atom. The van der Waals surface area contributed by atoms with Crippen molar-refractivity contribution in [3.8, 4) is 5.88 Å². The average molecular weight is 289 g/mol. The third-order valence-electron chi connectivity index (χ3n) is 4.35. The molecule has 0 saturated carbocycles. The van der Waals surface area contributed by atoms with Crippen molar-refractivity contribution in [3.05, 3.63) is 35.3 Å². The van der Waals surface area contributed by atoms with Crippen LogP contribution in [0.4, 0.5) is 0 Å². The van der Waals surface area contributed by atoms with Crippen LogP contribution in [0, 0.1) is 0 Å². The topological polar surface area (TPSA) is 54.3 Å². The number of rotatable bonds is 6. The lowest BCUT2D eigenvalue weighted by Crippen LogP contribution is -2.25. The summed E-state index contributed by atoms with van der Waals surface area (Å²) in [5, 5.41) is 3.82. The maximum atomic E-state index is 5.23. The fourth-order valence-electron chi connectivity index (χ4n) is 3.08. The van der Waals surface area contributed by atoms with Crippen LogP contribution in [0.25, 0.3) is 0 Å². The van der Waals surface area contributed by atoms with Gasteiger partial charge in [0.05, 0.1) is 7.11 Å². The van der Waals surface area contributed by atoms with Crippen LogP contribution in [0.2, 0.25) is 0 Å². The van der Waals surface area contributed by atoms with Gasteiger partial charge in [0, 0.05) is 30.4 Å². The van der Waals surface area contributed by atoms with E-state index in [2.05, 4.69) is 34.4 Å². The van der Waals surface area contributed by atoms with Crippen LogP contribution in [0.15, 0.2) is 22.9 Å². The number of hydrogen-bond acceptors (Lipinski definition) is 4. The molecule has 5 heteroatoms. The van der Waals surface area contributed by atoms with E-state index in [1.165, 1.54) is 37.1 Å². The van der Waals surface area contributed by atoms with Crippen LogP contribution < -0.4 is 4.74 Å². The van der Waals surface area contributed by atoms with Gasteiger partial charge in [-0.2, -0.15) is 0 Å². The Bertz CT molecular complexity index is 576. The highest BCUT2D eigenvalue weighted by Gasteiger charge is 2.20. The van der Waals surface area contributed by atoms with Gasteiger partial charge in [-0.3, -0.25) is 0 Å². The Kier molecular flexibility index (Phi) is 4.29. The van der Waals surface area contributed by atoms with E-state index in [1.807, 2.05) is 6.07 Å². The molecule has 1 N–H and O–H groups in total. The Labute approximate surface area is 125 Å². The summed E-state index contributed by atoms with van der Waals surface area (Å²) >= 11 is 0. The molecule has 1 fully saturated rings. The molecule has 2 aromatic heterocycles. The summed E-state index contributed by atoms with van der Waals surface area (Å²) in [5.74, 6) is 1.36. The summed E-state index contributed by atoms with van der Waals surface area (Å²) in [7, 11) is 3.82. The molecule has 1 aliphatic heterocycles. The number of H-pyrrole nitrogens is 1. The number of likely N-dealkylation sites (tertiary alicyclic amines) is 1. The molecule has 0 bridgehead atoms. The molecule has 2 aromatic rings. The average Bonchev–Trinajstić information content (AvgIpc) is 3.19. The largest absolute Gasteiger partial charge is 0.479 e. The van der Waals surface area contributed by atoms with Crippen molar-refractivity contribution < 1.29 is 9.26 Å². The van der Waals surface area contributed by atoms with Crippen molar-refractivity contribution in [1.29, 1.82) is 0 Å². The summed E-state index contributed by atoms with van der Waals surface area (Å²) in [4.78, 5) is 5.85. The molecule has 3 heterocycles.